The lowest BCUT2D eigenvalue weighted by atomic mass is 9.79. The summed E-state index contributed by atoms with van der Waals surface area (Å²) in [5, 5.41) is 3.12. The minimum Gasteiger partial charge on any atom is -0.487 e. The van der Waals surface area contributed by atoms with E-state index in [9.17, 15) is 13.6 Å². The average molecular weight is 298 g/mol. The Morgan fingerprint density at radius 1 is 1.52 bits per heavy atom. The minimum absolute atomic E-state index is 0.128. The molecule has 1 saturated carbocycles. The number of halogens is 2. The minimum atomic E-state index is -0.832. The molecule has 1 amide bonds. The van der Waals surface area contributed by atoms with Gasteiger partial charge in [-0.1, -0.05) is 6.92 Å². The van der Waals surface area contributed by atoms with E-state index in [-0.39, 0.29) is 11.9 Å². The van der Waals surface area contributed by atoms with Gasteiger partial charge >= 0.3 is 0 Å². The van der Waals surface area contributed by atoms with E-state index in [0.29, 0.717) is 25.8 Å². The number of benzene rings is 1. The van der Waals surface area contributed by atoms with Crippen LogP contribution in [0.2, 0.25) is 0 Å². The molecule has 1 aromatic rings. The highest BCUT2D eigenvalue weighted by molar-refractivity contribution is 5.84. The van der Waals surface area contributed by atoms with Gasteiger partial charge in [-0.3, -0.25) is 4.79 Å². The molecule has 0 aromatic heterocycles. The molecule has 0 heterocycles. The van der Waals surface area contributed by atoms with Crippen molar-refractivity contribution in [2.75, 3.05) is 6.54 Å². The molecule has 116 valence electrons. The van der Waals surface area contributed by atoms with Gasteiger partial charge in [-0.2, -0.15) is 0 Å². The molecule has 2 atom stereocenters. The molecule has 1 aliphatic rings. The van der Waals surface area contributed by atoms with Crippen molar-refractivity contribution in [3.05, 3.63) is 29.8 Å². The molecule has 1 fully saturated rings. The number of ether oxygens (including phenoxy) is 1. The van der Waals surface area contributed by atoms with Gasteiger partial charge in [0.1, 0.15) is 17.5 Å². The molecular formula is C15H20F2N2O2. The van der Waals surface area contributed by atoms with Crippen LogP contribution in [-0.4, -0.2) is 24.1 Å². The van der Waals surface area contributed by atoms with Gasteiger partial charge in [0.05, 0.1) is 0 Å². The van der Waals surface area contributed by atoms with Gasteiger partial charge in [0.2, 0.25) is 5.91 Å². The SMILES string of the molecule is CCNC1(C(N)=O)CCCC(Oc2cc(F)ccc2F)C1. The first-order valence-electron chi connectivity index (χ1n) is 7.13. The second-order valence-electron chi connectivity index (χ2n) is 5.39. The van der Waals surface area contributed by atoms with Crippen LogP contribution in [0.3, 0.4) is 0 Å². The van der Waals surface area contributed by atoms with Crippen molar-refractivity contribution >= 4 is 5.91 Å². The molecular weight excluding hydrogens is 278 g/mol. The molecule has 6 heteroatoms. The zero-order valence-corrected chi connectivity index (χ0v) is 12.0. The third-order valence-electron chi connectivity index (χ3n) is 3.88. The molecule has 0 saturated heterocycles. The maximum absolute atomic E-state index is 13.6. The predicted molar refractivity (Wildman–Crippen MR) is 74.8 cm³/mol. The van der Waals surface area contributed by atoms with Crippen LogP contribution in [0.1, 0.15) is 32.6 Å². The van der Waals surface area contributed by atoms with Gasteiger partial charge < -0.3 is 15.8 Å². The number of nitrogens with two attached hydrogens (primary N) is 1. The molecule has 0 radical (unpaired) electrons. The van der Waals surface area contributed by atoms with Crippen molar-refractivity contribution in [2.24, 2.45) is 5.73 Å². The normalized spacial score (nSPS) is 25.6. The lowest BCUT2D eigenvalue weighted by molar-refractivity contribution is -0.127. The quantitative estimate of drug-likeness (QED) is 0.875. The standard InChI is InChI=1S/C15H20F2N2O2/c1-2-19-15(14(18)20)7-3-4-11(9-15)21-13-8-10(16)5-6-12(13)17/h5-6,8,11,19H,2-4,7,9H2,1H3,(H2,18,20). The van der Waals surface area contributed by atoms with Crippen molar-refractivity contribution in [2.45, 2.75) is 44.2 Å². The zero-order valence-electron chi connectivity index (χ0n) is 12.0. The third kappa shape index (κ3) is 3.50. The molecule has 0 aliphatic heterocycles. The molecule has 1 aliphatic carbocycles. The van der Waals surface area contributed by atoms with Gasteiger partial charge in [0.25, 0.3) is 0 Å². The van der Waals surface area contributed by atoms with Crippen LogP contribution < -0.4 is 15.8 Å². The van der Waals surface area contributed by atoms with E-state index in [1.54, 1.807) is 0 Å². The van der Waals surface area contributed by atoms with E-state index in [1.165, 1.54) is 0 Å². The summed E-state index contributed by atoms with van der Waals surface area (Å²) in [5.41, 5.74) is 4.67. The van der Waals surface area contributed by atoms with Gasteiger partial charge in [-0.25, -0.2) is 8.78 Å². The van der Waals surface area contributed by atoms with E-state index in [1.807, 2.05) is 6.92 Å². The molecule has 0 bridgehead atoms. The zero-order chi connectivity index (χ0) is 15.5. The number of primary amides is 1. The van der Waals surface area contributed by atoms with Gasteiger partial charge in [-0.15, -0.1) is 0 Å². The third-order valence-corrected chi connectivity index (χ3v) is 3.88. The Morgan fingerprint density at radius 3 is 2.95 bits per heavy atom. The Morgan fingerprint density at radius 2 is 2.29 bits per heavy atom. The van der Waals surface area contributed by atoms with Crippen LogP contribution in [-0.2, 0) is 4.79 Å². The highest BCUT2D eigenvalue weighted by atomic mass is 19.1. The predicted octanol–water partition coefficient (Wildman–Crippen LogP) is 2.12. The van der Waals surface area contributed by atoms with E-state index in [2.05, 4.69) is 5.32 Å². The lowest BCUT2D eigenvalue weighted by Gasteiger charge is -2.39. The summed E-state index contributed by atoms with van der Waals surface area (Å²) < 4.78 is 32.4. The van der Waals surface area contributed by atoms with Gasteiger partial charge in [0.15, 0.2) is 11.6 Å². The van der Waals surface area contributed by atoms with E-state index < -0.39 is 23.1 Å². The van der Waals surface area contributed by atoms with Crippen LogP contribution in [0.4, 0.5) is 8.78 Å². The van der Waals surface area contributed by atoms with Crippen LogP contribution in [0, 0.1) is 11.6 Å². The topological polar surface area (TPSA) is 64.3 Å². The Bertz CT molecular complexity index is 520. The number of hydrogen-bond donors (Lipinski definition) is 2. The summed E-state index contributed by atoms with van der Waals surface area (Å²) >= 11 is 0. The average Bonchev–Trinajstić information content (AvgIpc) is 2.43. The fraction of sp³-hybridized carbons (Fsp3) is 0.533. The van der Waals surface area contributed by atoms with Crippen LogP contribution >= 0.6 is 0 Å². The largest absolute Gasteiger partial charge is 0.487 e. The molecule has 3 N–H and O–H groups in total. The second-order valence-corrected chi connectivity index (χ2v) is 5.39. The maximum Gasteiger partial charge on any atom is 0.237 e. The fourth-order valence-corrected chi connectivity index (χ4v) is 2.88. The smallest absolute Gasteiger partial charge is 0.237 e. The number of hydrogen-bond acceptors (Lipinski definition) is 3. The second kappa shape index (κ2) is 6.39. The highest BCUT2D eigenvalue weighted by Gasteiger charge is 2.41. The number of carbonyl (C=O) groups excluding carboxylic acids is 1. The Labute approximate surface area is 122 Å². The summed E-state index contributed by atoms with van der Waals surface area (Å²) in [6.45, 7) is 2.49. The highest BCUT2D eigenvalue weighted by Crippen LogP contribution is 2.32. The summed E-state index contributed by atoms with van der Waals surface area (Å²) in [6.07, 6.45) is 2.02. The Hall–Kier alpha value is -1.69. The number of rotatable bonds is 5. The summed E-state index contributed by atoms with van der Waals surface area (Å²) in [6, 6.07) is 3.08. The van der Waals surface area contributed by atoms with Gasteiger partial charge in [-0.05, 0) is 37.9 Å². The van der Waals surface area contributed by atoms with E-state index in [4.69, 9.17) is 10.5 Å². The number of nitrogens with one attached hydrogen (secondary N) is 1. The number of likely N-dealkylation sites (N-methyl/N-ethyl adjacent to an activating group) is 1. The lowest BCUT2D eigenvalue weighted by Crippen LogP contribution is -2.59. The number of amides is 1. The van der Waals surface area contributed by atoms with E-state index >= 15 is 0 Å². The van der Waals surface area contributed by atoms with Crippen LogP contribution in [0.15, 0.2) is 18.2 Å². The van der Waals surface area contributed by atoms with Crippen LogP contribution in [0.25, 0.3) is 0 Å². The van der Waals surface area contributed by atoms with Crippen molar-refractivity contribution < 1.29 is 18.3 Å². The molecule has 21 heavy (non-hydrogen) atoms. The van der Waals surface area contributed by atoms with Crippen molar-refractivity contribution in [1.82, 2.24) is 5.32 Å². The first kappa shape index (κ1) is 15.7. The monoisotopic (exact) mass is 298 g/mol. The van der Waals surface area contributed by atoms with Crippen molar-refractivity contribution in [1.29, 1.82) is 0 Å². The first-order chi connectivity index (χ1) is 9.97. The number of carbonyl (C=O) groups is 1. The molecule has 4 nitrogen and oxygen atoms in total. The van der Waals surface area contributed by atoms with Gasteiger partial charge in [0, 0.05) is 12.5 Å². The first-order valence-corrected chi connectivity index (χ1v) is 7.13. The van der Waals surface area contributed by atoms with E-state index in [0.717, 1.165) is 24.6 Å². The maximum atomic E-state index is 13.6. The summed E-state index contributed by atoms with van der Waals surface area (Å²) in [5.74, 6) is -1.74. The fourth-order valence-electron chi connectivity index (χ4n) is 2.88. The van der Waals surface area contributed by atoms with Crippen molar-refractivity contribution in [3.63, 3.8) is 0 Å². The molecule has 2 unspecified atom stereocenters. The Balaban J connectivity index is 2.13. The molecule has 2 rings (SSSR count). The molecule has 0 spiro atoms. The summed E-state index contributed by atoms with van der Waals surface area (Å²) in [7, 11) is 0. The Kier molecular flexibility index (Phi) is 4.77. The molecule has 1 aromatic carbocycles. The van der Waals surface area contributed by atoms with Crippen LogP contribution in [0.5, 0.6) is 5.75 Å². The summed E-state index contributed by atoms with van der Waals surface area (Å²) in [4.78, 5) is 11.8. The van der Waals surface area contributed by atoms with Crippen molar-refractivity contribution in [3.8, 4) is 5.75 Å².